The van der Waals surface area contributed by atoms with E-state index in [1.165, 1.54) is 4.88 Å². The van der Waals surface area contributed by atoms with Gasteiger partial charge in [0.2, 0.25) is 0 Å². The number of aryl methyl sites for hydroxylation is 1. The van der Waals surface area contributed by atoms with Crippen LogP contribution < -0.4 is 5.32 Å². The summed E-state index contributed by atoms with van der Waals surface area (Å²) in [6, 6.07) is 0.391. The third-order valence-electron chi connectivity index (χ3n) is 1.95. The Balaban J connectivity index is 2.19. The molecule has 1 atom stereocenters. The van der Waals surface area contributed by atoms with E-state index in [0.29, 0.717) is 6.04 Å². The van der Waals surface area contributed by atoms with Crippen LogP contribution in [0.4, 0.5) is 0 Å². The van der Waals surface area contributed by atoms with Gasteiger partial charge in [0.1, 0.15) is 0 Å². The zero-order chi connectivity index (χ0) is 11.1. The van der Waals surface area contributed by atoms with Crippen LogP contribution in [-0.2, 0) is 0 Å². The maximum absolute atomic E-state index is 5.17. The minimum Gasteiger partial charge on any atom is -0.309 e. The lowest BCUT2D eigenvalue weighted by Crippen LogP contribution is -2.20. The molecule has 0 aromatic carbocycles. The maximum atomic E-state index is 5.17. The Morgan fingerprint density at radius 2 is 2.53 bits per heavy atom. The lowest BCUT2D eigenvalue weighted by Gasteiger charge is -2.10. The van der Waals surface area contributed by atoms with Gasteiger partial charge in [-0.2, -0.15) is 0 Å². The molecule has 0 amide bonds. The van der Waals surface area contributed by atoms with Crippen molar-refractivity contribution in [3.8, 4) is 12.3 Å². The molecular weight excluding hydrogens is 224 g/mol. The van der Waals surface area contributed by atoms with E-state index in [1.807, 2.05) is 13.1 Å². The lowest BCUT2D eigenvalue weighted by atomic mass is 10.3. The van der Waals surface area contributed by atoms with E-state index in [0.717, 1.165) is 23.1 Å². The van der Waals surface area contributed by atoms with Crippen molar-refractivity contribution in [2.45, 2.75) is 19.9 Å². The minimum atomic E-state index is 0.391. The van der Waals surface area contributed by atoms with Gasteiger partial charge in [0.15, 0.2) is 0 Å². The quantitative estimate of drug-likeness (QED) is 0.611. The zero-order valence-electron chi connectivity index (χ0n) is 9.12. The van der Waals surface area contributed by atoms with Crippen LogP contribution in [0.2, 0.25) is 0 Å². The van der Waals surface area contributed by atoms with Gasteiger partial charge >= 0.3 is 0 Å². The topological polar surface area (TPSA) is 24.9 Å². The molecule has 0 saturated heterocycles. The number of hydrogen-bond acceptors (Lipinski definition) is 4. The fourth-order valence-corrected chi connectivity index (χ4v) is 2.49. The molecule has 1 aromatic rings. The van der Waals surface area contributed by atoms with Crippen LogP contribution >= 0.6 is 23.1 Å². The second kappa shape index (κ2) is 6.89. The van der Waals surface area contributed by atoms with Crippen molar-refractivity contribution < 1.29 is 0 Å². The summed E-state index contributed by atoms with van der Waals surface area (Å²) in [5.74, 6) is 4.48. The first-order valence-electron chi connectivity index (χ1n) is 4.91. The Kier molecular flexibility index (Phi) is 5.77. The number of thioether (sulfide) groups is 1. The standard InChI is InChI=1S/C11H16N2S2/c1-4-6-14-7-5-12-9(2)11-8-13-10(3)15-11/h1,8-9,12H,5-7H2,2-3H3. The van der Waals surface area contributed by atoms with Crippen molar-refractivity contribution in [2.75, 3.05) is 18.1 Å². The fourth-order valence-electron chi connectivity index (χ4n) is 1.16. The molecule has 2 nitrogen and oxygen atoms in total. The Morgan fingerprint density at radius 1 is 1.73 bits per heavy atom. The van der Waals surface area contributed by atoms with Crippen molar-refractivity contribution in [3.63, 3.8) is 0 Å². The third kappa shape index (κ3) is 4.70. The largest absolute Gasteiger partial charge is 0.309 e. The Labute approximate surface area is 99.9 Å². The number of aromatic nitrogens is 1. The fraction of sp³-hybridized carbons (Fsp3) is 0.545. The SMILES string of the molecule is C#CCSCCNC(C)c1cnc(C)s1. The molecule has 0 aliphatic rings. The van der Waals surface area contributed by atoms with Crippen molar-refractivity contribution in [1.82, 2.24) is 10.3 Å². The minimum absolute atomic E-state index is 0.391. The number of rotatable bonds is 6. The predicted molar refractivity (Wildman–Crippen MR) is 69.4 cm³/mol. The van der Waals surface area contributed by atoms with E-state index in [9.17, 15) is 0 Å². The van der Waals surface area contributed by atoms with E-state index in [4.69, 9.17) is 6.42 Å². The number of hydrogen-bond donors (Lipinski definition) is 1. The molecule has 1 unspecified atom stereocenters. The van der Waals surface area contributed by atoms with E-state index < -0.39 is 0 Å². The summed E-state index contributed by atoms with van der Waals surface area (Å²) in [4.78, 5) is 5.54. The second-order valence-electron chi connectivity index (χ2n) is 3.21. The van der Waals surface area contributed by atoms with Gasteiger partial charge in [-0.05, 0) is 13.8 Å². The summed E-state index contributed by atoms with van der Waals surface area (Å²) in [5.41, 5.74) is 0. The summed E-state index contributed by atoms with van der Waals surface area (Å²) in [5, 5.41) is 4.58. The van der Waals surface area contributed by atoms with Crippen molar-refractivity contribution in [1.29, 1.82) is 0 Å². The van der Waals surface area contributed by atoms with Gasteiger partial charge in [0.25, 0.3) is 0 Å². The van der Waals surface area contributed by atoms with Gasteiger partial charge in [-0.1, -0.05) is 5.92 Å². The monoisotopic (exact) mass is 240 g/mol. The third-order valence-corrected chi connectivity index (χ3v) is 3.91. The molecule has 0 aliphatic heterocycles. The molecular formula is C11H16N2S2. The highest BCUT2D eigenvalue weighted by Crippen LogP contribution is 2.19. The molecule has 0 bridgehead atoms. The Bertz CT molecular complexity index is 328. The van der Waals surface area contributed by atoms with Gasteiger partial charge in [-0.3, -0.25) is 0 Å². The normalized spacial score (nSPS) is 12.3. The number of terminal acetylenes is 1. The lowest BCUT2D eigenvalue weighted by molar-refractivity contribution is 0.609. The van der Waals surface area contributed by atoms with Crippen LogP contribution in [0.15, 0.2) is 6.20 Å². The van der Waals surface area contributed by atoms with Crippen molar-refractivity contribution in [3.05, 3.63) is 16.1 Å². The molecule has 15 heavy (non-hydrogen) atoms. The molecule has 0 aliphatic carbocycles. The maximum Gasteiger partial charge on any atom is 0.0897 e. The molecule has 0 spiro atoms. The summed E-state index contributed by atoms with van der Waals surface area (Å²) >= 11 is 3.54. The molecule has 0 radical (unpaired) electrons. The van der Waals surface area contributed by atoms with Gasteiger partial charge < -0.3 is 5.32 Å². The van der Waals surface area contributed by atoms with Crippen LogP contribution in [0, 0.1) is 19.3 Å². The summed E-state index contributed by atoms with van der Waals surface area (Å²) in [6.45, 7) is 5.19. The van der Waals surface area contributed by atoms with Gasteiger partial charge in [-0.25, -0.2) is 4.98 Å². The molecule has 1 N–H and O–H groups in total. The summed E-state index contributed by atoms with van der Waals surface area (Å²) < 4.78 is 0. The zero-order valence-corrected chi connectivity index (χ0v) is 10.8. The predicted octanol–water partition coefficient (Wildman–Crippen LogP) is 2.47. The highest BCUT2D eigenvalue weighted by molar-refractivity contribution is 7.99. The average molecular weight is 240 g/mol. The van der Waals surface area contributed by atoms with Crippen LogP contribution in [0.1, 0.15) is 22.9 Å². The molecule has 1 rings (SSSR count). The Hall–Kier alpha value is -0.500. The van der Waals surface area contributed by atoms with Gasteiger partial charge in [0, 0.05) is 29.4 Å². The highest BCUT2D eigenvalue weighted by Gasteiger charge is 2.06. The molecule has 0 saturated carbocycles. The molecule has 82 valence electrons. The van der Waals surface area contributed by atoms with Gasteiger partial charge in [0.05, 0.1) is 10.8 Å². The Morgan fingerprint density at radius 3 is 3.13 bits per heavy atom. The second-order valence-corrected chi connectivity index (χ2v) is 5.59. The highest BCUT2D eigenvalue weighted by atomic mass is 32.2. The van der Waals surface area contributed by atoms with Gasteiger partial charge in [-0.15, -0.1) is 29.5 Å². The van der Waals surface area contributed by atoms with E-state index in [1.54, 1.807) is 23.1 Å². The first kappa shape index (κ1) is 12.6. The van der Waals surface area contributed by atoms with Crippen molar-refractivity contribution in [2.24, 2.45) is 0 Å². The first-order valence-corrected chi connectivity index (χ1v) is 6.88. The van der Waals surface area contributed by atoms with E-state index in [2.05, 4.69) is 23.1 Å². The number of nitrogens with zero attached hydrogens (tertiary/aromatic N) is 1. The first-order chi connectivity index (χ1) is 7.24. The van der Waals surface area contributed by atoms with Crippen LogP contribution in [0.3, 0.4) is 0 Å². The smallest absolute Gasteiger partial charge is 0.0897 e. The molecule has 0 fully saturated rings. The molecule has 4 heteroatoms. The van der Waals surface area contributed by atoms with E-state index in [-0.39, 0.29) is 0 Å². The summed E-state index contributed by atoms with van der Waals surface area (Å²) in [7, 11) is 0. The van der Waals surface area contributed by atoms with Crippen LogP contribution in [-0.4, -0.2) is 23.0 Å². The molecule has 1 heterocycles. The number of nitrogens with one attached hydrogen (secondary N) is 1. The number of thiazole rings is 1. The van der Waals surface area contributed by atoms with E-state index >= 15 is 0 Å². The molecule has 1 aromatic heterocycles. The summed E-state index contributed by atoms with van der Waals surface area (Å²) in [6.07, 6.45) is 7.12. The van der Waals surface area contributed by atoms with Crippen LogP contribution in [0.5, 0.6) is 0 Å². The van der Waals surface area contributed by atoms with Crippen molar-refractivity contribution >= 4 is 23.1 Å². The van der Waals surface area contributed by atoms with Crippen LogP contribution in [0.25, 0.3) is 0 Å². The average Bonchev–Trinajstić information content (AvgIpc) is 2.64.